The molecule has 1 amide bonds. The average Bonchev–Trinajstić information content (AvgIpc) is 3.27. The number of fused-ring (bicyclic) bond motifs is 5. The highest BCUT2D eigenvalue weighted by Gasteiger charge is 2.73. The lowest BCUT2D eigenvalue weighted by molar-refractivity contribution is -0.159. The molecule has 0 bridgehead atoms. The van der Waals surface area contributed by atoms with Crippen molar-refractivity contribution < 1.29 is 19.4 Å². The van der Waals surface area contributed by atoms with E-state index in [0.717, 1.165) is 29.5 Å². The monoisotopic (exact) mass is 508 g/mol. The summed E-state index contributed by atoms with van der Waals surface area (Å²) in [5.74, 6) is -2.26. The zero-order chi connectivity index (χ0) is 26.7. The van der Waals surface area contributed by atoms with Crippen LogP contribution in [0.3, 0.4) is 0 Å². The summed E-state index contributed by atoms with van der Waals surface area (Å²) in [6.45, 7) is 4.12. The molecule has 0 radical (unpaired) electrons. The molecule has 2 aromatic carbocycles. The third-order valence-corrected chi connectivity index (χ3v) is 8.10. The highest BCUT2D eigenvalue weighted by Crippen LogP contribution is 2.59. The molecule has 0 aromatic heterocycles. The molecule has 194 valence electrons. The Labute approximate surface area is 222 Å². The third kappa shape index (κ3) is 3.51. The van der Waals surface area contributed by atoms with Gasteiger partial charge in [-0.05, 0) is 59.9 Å². The van der Waals surface area contributed by atoms with Crippen molar-refractivity contribution in [3.63, 3.8) is 0 Å². The van der Waals surface area contributed by atoms with Gasteiger partial charge in [0.1, 0.15) is 5.75 Å². The van der Waals surface area contributed by atoms with Crippen molar-refractivity contribution in [2.24, 2.45) is 5.73 Å². The molecule has 38 heavy (non-hydrogen) atoms. The highest BCUT2D eigenvalue weighted by molar-refractivity contribution is 6.15. The van der Waals surface area contributed by atoms with Crippen LogP contribution in [0.25, 0.3) is 5.57 Å². The van der Waals surface area contributed by atoms with Crippen molar-refractivity contribution in [2.75, 3.05) is 0 Å². The Morgan fingerprint density at radius 2 is 1.89 bits per heavy atom. The van der Waals surface area contributed by atoms with E-state index in [2.05, 4.69) is 37.4 Å². The van der Waals surface area contributed by atoms with Gasteiger partial charge < -0.3 is 20.9 Å². The van der Waals surface area contributed by atoms with E-state index in [1.54, 1.807) is 12.1 Å². The maximum Gasteiger partial charge on any atom is 0.270 e. The maximum atomic E-state index is 14.1. The van der Waals surface area contributed by atoms with Gasteiger partial charge in [0.2, 0.25) is 17.2 Å². The number of aliphatic hydroxyl groups is 1. The van der Waals surface area contributed by atoms with Gasteiger partial charge in [0, 0.05) is 22.4 Å². The summed E-state index contributed by atoms with van der Waals surface area (Å²) < 4.78 is 6.18. The minimum Gasteiger partial charge on any atom is -0.454 e. The smallest absolute Gasteiger partial charge is 0.270 e. The second kappa shape index (κ2) is 8.84. The van der Waals surface area contributed by atoms with Crippen LogP contribution in [0.5, 0.6) is 5.75 Å². The van der Waals surface area contributed by atoms with Crippen LogP contribution in [0.1, 0.15) is 67.7 Å². The van der Waals surface area contributed by atoms with Gasteiger partial charge in [-0.25, -0.2) is 0 Å². The molecular formula is C32H32N2O4. The predicted molar refractivity (Wildman–Crippen MR) is 146 cm³/mol. The van der Waals surface area contributed by atoms with Crippen molar-refractivity contribution in [3.05, 3.63) is 106 Å². The van der Waals surface area contributed by atoms with E-state index >= 15 is 0 Å². The van der Waals surface area contributed by atoms with E-state index in [0.29, 0.717) is 35.4 Å². The maximum absolute atomic E-state index is 14.1. The van der Waals surface area contributed by atoms with Crippen molar-refractivity contribution in [1.82, 2.24) is 5.32 Å². The lowest BCUT2D eigenvalue weighted by Crippen LogP contribution is -2.62. The molecule has 6 rings (SSSR count). The molecule has 1 aliphatic heterocycles. The summed E-state index contributed by atoms with van der Waals surface area (Å²) in [5.41, 5.74) is 10.0. The summed E-state index contributed by atoms with van der Waals surface area (Å²) in [6, 6.07) is 13.4. The SMILES string of the molecule is CC(C)c1ccc2c(c1)OC1(O)C3=CCCC(N)=C3C(=O)C21NC(=O)Cc1ccc(C2=CCCC=C2)cc1. The zero-order valence-electron chi connectivity index (χ0n) is 21.7. The molecule has 0 saturated heterocycles. The van der Waals surface area contributed by atoms with Crippen LogP contribution in [0.15, 0.2) is 83.6 Å². The van der Waals surface area contributed by atoms with E-state index in [1.807, 2.05) is 36.4 Å². The summed E-state index contributed by atoms with van der Waals surface area (Å²) >= 11 is 0. The van der Waals surface area contributed by atoms with E-state index < -0.39 is 17.1 Å². The zero-order valence-corrected chi connectivity index (χ0v) is 21.7. The minimum atomic E-state index is -2.07. The quantitative estimate of drug-likeness (QED) is 0.544. The van der Waals surface area contributed by atoms with Crippen molar-refractivity contribution in [3.8, 4) is 5.75 Å². The number of amides is 1. The molecule has 6 heteroatoms. The molecule has 2 unspecified atom stereocenters. The number of ketones is 1. The lowest BCUT2D eigenvalue weighted by atomic mass is 9.82. The fourth-order valence-electron chi connectivity index (χ4n) is 6.07. The minimum absolute atomic E-state index is 0.0489. The Bertz CT molecular complexity index is 1480. The lowest BCUT2D eigenvalue weighted by Gasteiger charge is -2.34. The van der Waals surface area contributed by atoms with Crippen LogP contribution in [-0.4, -0.2) is 22.6 Å². The number of hydrogen-bond donors (Lipinski definition) is 3. The van der Waals surface area contributed by atoms with Crippen LogP contribution in [0.2, 0.25) is 0 Å². The Kier molecular flexibility index (Phi) is 5.69. The Morgan fingerprint density at radius 1 is 1.11 bits per heavy atom. The first-order valence-electron chi connectivity index (χ1n) is 13.3. The van der Waals surface area contributed by atoms with Crippen LogP contribution in [0.4, 0.5) is 0 Å². The van der Waals surface area contributed by atoms with Gasteiger partial charge in [-0.1, -0.05) is 74.5 Å². The second-order valence-electron chi connectivity index (χ2n) is 10.9. The largest absolute Gasteiger partial charge is 0.454 e. The summed E-state index contributed by atoms with van der Waals surface area (Å²) in [6.07, 6.45) is 11.5. The molecule has 0 spiro atoms. The van der Waals surface area contributed by atoms with Crippen molar-refractivity contribution in [2.45, 2.75) is 63.2 Å². The van der Waals surface area contributed by atoms with Crippen molar-refractivity contribution >= 4 is 17.3 Å². The van der Waals surface area contributed by atoms with Gasteiger partial charge in [-0.15, -0.1) is 0 Å². The molecule has 2 atom stereocenters. The Balaban J connectivity index is 1.36. The van der Waals surface area contributed by atoms with Gasteiger partial charge in [-0.3, -0.25) is 9.59 Å². The molecule has 3 aliphatic carbocycles. The van der Waals surface area contributed by atoms with Crippen LogP contribution in [-0.2, 0) is 21.5 Å². The number of ether oxygens (including phenoxy) is 1. The van der Waals surface area contributed by atoms with E-state index in [4.69, 9.17) is 10.5 Å². The number of nitrogens with two attached hydrogens (primary N) is 1. The van der Waals surface area contributed by atoms with E-state index in [1.165, 1.54) is 5.57 Å². The number of carbonyl (C=O) groups excluding carboxylic acids is 2. The highest BCUT2D eigenvalue weighted by atomic mass is 16.6. The number of Topliss-reactive ketones (excluding diaryl/α,β-unsaturated/α-hetero) is 1. The molecule has 1 saturated carbocycles. The van der Waals surface area contributed by atoms with Gasteiger partial charge in [0.15, 0.2) is 0 Å². The van der Waals surface area contributed by atoms with Gasteiger partial charge in [-0.2, -0.15) is 0 Å². The van der Waals surface area contributed by atoms with Gasteiger partial charge in [0.05, 0.1) is 6.42 Å². The van der Waals surface area contributed by atoms with Crippen LogP contribution in [0, 0.1) is 0 Å². The number of nitrogens with one attached hydrogen (secondary N) is 1. The summed E-state index contributed by atoms with van der Waals surface area (Å²) in [4.78, 5) is 27.6. The fraction of sp³-hybridized carbons (Fsp3) is 0.312. The Hall–Kier alpha value is -3.90. The molecule has 4 aliphatic rings. The van der Waals surface area contributed by atoms with Crippen molar-refractivity contribution in [1.29, 1.82) is 0 Å². The van der Waals surface area contributed by atoms with Crippen LogP contribution >= 0.6 is 0 Å². The molecule has 6 nitrogen and oxygen atoms in total. The molecular weight excluding hydrogens is 476 g/mol. The second-order valence-corrected chi connectivity index (χ2v) is 10.9. The van der Waals surface area contributed by atoms with Gasteiger partial charge >= 0.3 is 0 Å². The summed E-state index contributed by atoms with van der Waals surface area (Å²) in [5, 5.41) is 15.0. The fourth-order valence-corrected chi connectivity index (χ4v) is 6.07. The topological polar surface area (TPSA) is 102 Å². The normalized spacial score (nSPS) is 25.4. The van der Waals surface area contributed by atoms with E-state index in [-0.39, 0.29) is 23.8 Å². The number of benzene rings is 2. The van der Waals surface area contributed by atoms with Gasteiger partial charge in [0.25, 0.3) is 5.79 Å². The first-order chi connectivity index (χ1) is 18.2. The number of rotatable bonds is 5. The third-order valence-electron chi connectivity index (χ3n) is 8.10. The number of hydrogen-bond acceptors (Lipinski definition) is 5. The standard InChI is InChI=1S/C32H32N2O4/c1-19(2)23-15-16-24-27(18-23)38-32(37)25-9-6-10-26(33)29(25)30(36)31(24,32)34-28(35)17-20-11-13-22(14-12-20)21-7-4-3-5-8-21/h4,7-9,11-16,18-19,37H,3,5-6,10,17,33H2,1-2H3,(H,34,35). The van der Waals surface area contributed by atoms with Crippen LogP contribution < -0.4 is 15.8 Å². The molecule has 4 N–H and O–H groups in total. The summed E-state index contributed by atoms with van der Waals surface area (Å²) in [7, 11) is 0. The predicted octanol–water partition coefficient (Wildman–Crippen LogP) is 4.69. The first kappa shape index (κ1) is 24.4. The molecule has 1 heterocycles. The number of carbonyl (C=O) groups is 2. The molecule has 2 aromatic rings. The van der Waals surface area contributed by atoms with E-state index in [9.17, 15) is 14.7 Å². The number of allylic oxidation sites excluding steroid dienone is 6. The Morgan fingerprint density at radius 3 is 2.61 bits per heavy atom. The average molecular weight is 509 g/mol. The molecule has 1 fully saturated rings. The first-order valence-corrected chi connectivity index (χ1v) is 13.3.